The van der Waals surface area contributed by atoms with Crippen LogP contribution in [0.15, 0.2) is 29.4 Å². The van der Waals surface area contributed by atoms with Crippen LogP contribution < -0.4 is 10.5 Å². The Kier molecular flexibility index (Phi) is 2.76. The quantitative estimate of drug-likeness (QED) is 0.656. The largest absolute Gasteiger partial charge is 0.488 e. The fraction of sp³-hybridized carbons (Fsp3) is 0.200. The van der Waals surface area contributed by atoms with E-state index < -0.39 is 7.12 Å². The lowest BCUT2D eigenvalue weighted by atomic mass is 9.80. The zero-order chi connectivity index (χ0) is 11.7. The Morgan fingerprint density at radius 2 is 1.94 bits per heavy atom. The van der Waals surface area contributed by atoms with Crippen LogP contribution in [0.4, 0.5) is 5.69 Å². The van der Waals surface area contributed by atoms with Gasteiger partial charge in [0.2, 0.25) is 0 Å². The molecule has 1 heterocycles. The normalized spacial score (nSPS) is 15.3. The molecule has 6 heteroatoms. The number of anilines is 1. The minimum absolute atomic E-state index is 0.0743. The van der Waals surface area contributed by atoms with E-state index in [9.17, 15) is 4.79 Å². The number of hydrogen-bond donors (Lipinski definition) is 2. The van der Waals surface area contributed by atoms with E-state index in [4.69, 9.17) is 10.0 Å². The minimum Gasteiger partial charge on any atom is -0.423 e. The zero-order valence-corrected chi connectivity index (χ0v) is 8.79. The smallest absolute Gasteiger partial charge is 0.423 e. The van der Waals surface area contributed by atoms with E-state index in [0.717, 1.165) is 5.71 Å². The van der Waals surface area contributed by atoms with Crippen LogP contribution in [0.2, 0.25) is 0 Å². The van der Waals surface area contributed by atoms with E-state index in [1.54, 1.807) is 31.2 Å². The van der Waals surface area contributed by atoms with Crippen molar-refractivity contribution < 1.29 is 14.8 Å². The summed E-state index contributed by atoms with van der Waals surface area (Å²) in [7, 11) is -1.49. The molecule has 0 aromatic heterocycles. The lowest BCUT2D eigenvalue weighted by Gasteiger charge is -2.11. The summed E-state index contributed by atoms with van der Waals surface area (Å²) < 4.78 is 0. The molecule has 5 nitrogen and oxygen atoms in total. The van der Waals surface area contributed by atoms with Crippen LogP contribution in [0, 0.1) is 0 Å². The highest BCUT2D eigenvalue weighted by Crippen LogP contribution is 2.19. The molecule has 16 heavy (non-hydrogen) atoms. The van der Waals surface area contributed by atoms with Gasteiger partial charge in [-0.1, -0.05) is 12.1 Å². The van der Waals surface area contributed by atoms with E-state index in [-0.39, 0.29) is 5.91 Å². The maximum absolute atomic E-state index is 11.5. The van der Waals surface area contributed by atoms with Crippen LogP contribution in [0.3, 0.4) is 0 Å². The molecule has 0 spiro atoms. The summed E-state index contributed by atoms with van der Waals surface area (Å²) in [6, 6.07) is 6.37. The molecule has 1 aliphatic rings. The summed E-state index contributed by atoms with van der Waals surface area (Å²) in [6.45, 7) is 1.80. The van der Waals surface area contributed by atoms with E-state index in [0.29, 0.717) is 17.6 Å². The molecule has 0 bridgehead atoms. The average Bonchev–Trinajstić information content (AvgIpc) is 2.58. The van der Waals surface area contributed by atoms with Crippen LogP contribution in [-0.4, -0.2) is 28.8 Å². The molecule has 1 aromatic carbocycles. The molecule has 0 fully saturated rings. The van der Waals surface area contributed by atoms with Gasteiger partial charge in [-0.3, -0.25) is 4.79 Å². The molecular weight excluding hydrogens is 207 g/mol. The first-order chi connectivity index (χ1) is 7.58. The minimum atomic E-state index is -1.49. The lowest BCUT2D eigenvalue weighted by Crippen LogP contribution is -2.30. The number of benzene rings is 1. The van der Waals surface area contributed by atoms with Crippen molar-refractivity contribution in [2.45, 2.75) is 13.3 Å². The van der Waals surface area contributed by atoms with Crippen molar-refractivity contribution in [1.29, 1.82) is 0 Å². The van der Waals surface area contributed by atoms with Crippen LogP contribution in [0.5, 0.6) is 0 Å². The van der Waals surface area contributed by atoms with Gasteiger partial charge in [0, 0.05) is 5.71 Å². The van der Waals surface area contributed by atoms with E-state index in [1.807, 2.05) is 0 Å². The summed E-state index contributed by atoms with van der Waals surface area (Å²) in [4.78, 5) is 11.5. The van der Waals surface area contributed by atoms with Gasteiger partial charge in [0.05, 0.1) is 12.1 Å². The molecular formula is C10H11BN2O3. The Balaban J connectivity index is 2.25. The van der Waals surface area contributed by atoms with Crippen LogP contribution in [0.1, 0.15) is 13.3 Å². The monoisotopic (exact) mass is 218 g/mol. The van der Waals surface area contributed by atoms with Crippen molar-refractivity contribution in [3.8, 4) is 0 Å². The van der Waals surface area contributed by atoms with Crippen molar-refractivity contribution >= 4 is 29.9 Å². The molecule has 2 rings (SSSR count). The number of amides is 1. The molecule has 0 atom stereocenters. The molecule has 0 saturated heterocycles. The molecule has 82 valence electrons. The third-order valence-electron chi connectivity index (χ3n) is 2.35. The van der Waals surface area contributed by atoms with Crippen molar-refractivity contribution in [3.63, 3.8) is 0 Å². The maximum atomic E-state index is 11.5. The topological polar surface area (TPSA) is 73.1 Å². The fourth-order valence-electron chi connectivity index (χ4n) is 1.54. The number of nitrogens with zero attached hydrogens (tertiary/aromatic N) is 2. The molecule has 0 unspecified atom stereocenters. The summed E-state index contributed by atoms with van der Waals surface area (Å²) in [5.74, 6) is -0.0743. The van der Waals surface area contributed by atoms with Gasteiger partial charge in [-0.25, -0.2) is 5.01 Å². The van der Waals surface area contributed by atoms with Gasteiger partial charge in [-0.2, -0.15) is 5.10 Å². The van der Waals surface area contributed by atoms with Gasteiger partial charge < -0.3 is 10.0 Å². The maximum Gasteiger partial charge on any atom is 0.488 e. The molecule has 0 saturated carbocycles. The number of carbonyl (C=O) groups excluding carboxylic acids is 1. The number of carbonyl (C=O) groups is 1. The van der Waals surface area contributed by atoms with Gasteiger partial charge in [0.1, 0.15) is 0 Å². The van der Waals surface area contributed by atoms with Crippen molar-refractivity contribution in [1.82, 2.24) is 0 Å². The Morgan fingerprint density at radius 1 is 1.31 bits per heavy atom. The van der Waals surface area contributed by atoms with Crippen LogP contribution in [0.25, 0.3) is 0 Å². The van der Waals surface area contributed by atoms with Crippen LogP contribution in [-0.2, 0) is 4.79 Å². The molecule has 2 N–H and O–H groups in total. The molecule has 0 aliphatic carbocycles. The second-order valence-corrected chi connectivity index (χ2v) is 3.68. The third kappa shape index (κ3) is 1.98. The molecule has 1 aromatic rings. The number of rotatable bonds is 2. The van der Waals surface area contributed by atoms with Crippen molar-refractivity contribution in [2.24, 2.45) is 5.10 Å². The van der Waals surface area contributed by atoms with E-state index >= 15 is 0 Å². The molecule has 1 amide bonds. The fourth-order valence-corrected chi connectivity index (χ4v) is 1.54. The van der Waals surface area contributed by atoms with Gasteiger partial charge in [-0.05, 0) is 24.5 Å². The standard InChI is InChI=1S/C10H11BN2O3/c1-7-6-10(14)13(12-7)9-4-2-8(3-5-9)11(15)16/h2-5,15-16H,6H2,1H3. The number of hydrogen-bond acceptors (Lipinski definition) is 4. The van der Waals surface area contributed by atoms with Gasteiger partial charge >= 0.3 is 7.12 Å². The van der Waals surface area contributed by atoms with E-state index in [2.05, 4.69) is 5.10 Å². The number of hydrazone groups is 1. The Hall–Kier alpha value is -1.66. The third-order valence-corrected chi connectivity index (χ3v) is 2.35. The van der Waals surface area contributed by atoms with E-state index in [1.165, 1.54) is 5.01 Å². The molecule has 1 aliphatic heterocycles. The van der Waals surface area contributed by atoms with Gasteiger partial charge in [0.15, 0.2) is 0 Å². The Morgan fingerprint density at radius 3 is 2.38 bits per heavy atom. The summed E-state index contributed by atoms with van der Waals surface area (Å²) >= 11 is 0. The van der Waals surface area contributed by atoms with Crippen molar-refractivity contribution in [3.05, 3.63) is 24.3 Å². The van der Waals surface area contributed by atoms with Crippen molar-refractivity contribution in [2.75, 3.05) is 5.01 Å². The highest BCUT2D eigenvalue weighted by molar-refractivity contribution is 6.58. The average molecular weight is 218 g/mol. The van der Waals surface area contributed by atoms with Crippen LogP contribution >= 0.6 is 0 Å². The first kappa shape index (κ1) is 10.8. The van der Waals surface area contributed by atoms with Gasteiger partial charge in [0.25, 0.3) is 5.91 Å². The molecule has 0 radical (unpaired) electrons. The SMILES string of the molecule is CC1=NN(c2ccc(B(O)O)cc2)C(=O)C1. The lowest BCUT2D eigenvalue weighted by molar-refractivity contribution is -0.116. The first-order valence-corrected chi connectivity index (χ1v) is 4.91. The predicted molar refractivity (Wildman–Crippen MR) is 61.5 cm³/mol. The highest BCUT2D eigenvalue weighted by Gasteiger charge is 2.22. The second-order valence-electron chi connectivity index (χ2n) is 3.68. The highest BCUT2D eigenvalue weighted by atomic mass is 16.4. The second kappa shape index (κ2) is 4.07. The first-order valence-electron chi connectivity index (χ1n) is 4.91. The van der Waals surface area contributed by atoms with Gasteiger partial charge in [-0.15, -0.1) is 0 Å². The summed E-state index contributed by atoms with van der Waals surface area (Å²) in [5, 5.41) is 23.3. The zero-order valence-electron chi connectivity index (χ0n) is 8.79. The summed E-state index contributed by atoms with van der Waals surface area (Å²) in [6.07, 6.45) is 0.338. The summed E-state index contributed by atoms with van der Waals surface area (Å²) in [5.41, 5.74) is 1.79. The Labute approximate surface area is 93.2 Å². The Bertz CT molecular complexity index is 442. The predicted octanol–water partition coefficient (Wildman–Crippen LogP) is -0.521.